The highest BCUT2D eigenvalue weighted by Gasteiger charge is 2.18. The molecule has 0 aromatic rings. The summed E-state index contributed by atoms with van der Waals surface area (Å²) in [5, 5.41) is 8.95. The predicted octanol–water partition coefficient (Wildman–Crippen LogP) is 3.07. The Hall–Kier alpha value is -1.31. The van der Waals surface area contributed by atoms with E-state index in [2.05, 4.69) is 13.5 Å². The Kier molecular flexibility index (Phi) is 3.69. The molecule has 2 heteroatoms. The van der Waals surface area contributed by atoms with Gasteiger partial charge in [-0.1, -0.05) is 38.5 Å². The summed E-state index contributed by atoms with van der Waals surface area (Å²) in [7, 11) is 0. The molecule has 1 N–H and O–H groups in total. The highest BCUT2D eigenvalue weighted by molar-refractivity contribution is 5.95. The van der Waals surface area contributed by atoms with Gasteiger partial charge in [-0.3, -0.25) is 0 Å². The third kappa shape index (κ3) is 2.34. The minimum Gasteiger partial charge on any atom is -0.478 e. The summed E-state index contributed by atoms with van der Waals surface area (Å²) in [4.78, 5) is 10.9. The maximum atomic E-state index is 10.9. The maximum Gasteiger partial charge on any atom is 0.336 e. The van der Waals surface area contributed by atoms with E-state index in [9.17, 15) is 4.79 Å². The van der Waals surface area contributed by atoms with Gasteiger partial charge in [0.25, 0.3) is 0 Å². The summed E-state index contributed by atoms with van der Waals surface area (Å²) in [5.74, 6) is -0.855. The van der Waals surface area contributed by atoms with E-state index in [1.54, 1.807) is 6.08 Å². The molecule has 1 aliphatic rings. The number of allylic oxidation sites excluding steroid dienone is 3. The molecule has 0 saturated heterocycles. The molecule has 0 aromatic carbocycles. The fourth-order valence-corrected chi connectivity index (χ4v) is 1.62. The molecule has 1 aliphatic carbocycles. The first-order chi connectivity index (χ1) is 6.66. The highest BCUT2D eigenvalue weighted by atomic mass is 16.4. The number of aliphatic carboxylic acids is 1. The van der Waals surface area contributed by atoms with Gasteiger partial charge in [0.1, 0.15) is 0 Å². The van der Waals surface area contributed by atoms with Gasteiger partial charge in [0.05, 0.1) is 5.57 Å². The average molecular weight is 192 g/mol. The molecule has 14 heavy (non-hydrogen) atoms. The van der Waals surface area contributed by atoms with Crippen LogP contribution in [0.5, 0.6) is 0 Å². The molecular formula is C12H16O2. The van der Waals surface area contributed by atoms with Crippen molar-refractivity contribution in [1.29, 1.82) is 0 Å². The fraction of sp³-hybridized carbons (Fsp3) is 0.417. The van der Waals surface area contributed by atoms with Crippen LogP contribution in [-0.4, -0.2) is 11.1 Å². The van der Waals surface area contributed by atoms with Crippen molar-refractivity contribution in [3.05, 3.63) is 35.5 Å². The van der Waals surface area contributed by atoms with Gasteiger partial charge in [-0.05, 0) is 24.0 Å². The molecule has 0 aliphatic heterocycles. The zero-order chi connectivity index (χ0) is 10.6. The second-order valence-corrected chi connectivity index (χ2v) is 3.52. The Bertz CT molecular complexity index is 308. The molecule has 0 atom stereocenters. The second kappa shape index (κ2) is 4.80. The molecule has 0 saturated carbocycles. The topological polar surface area (TPSA) is 37.3 Å². The Morgan fingerprint density at radius 2 is 2.14 bits per heavy atom. The van der Waals surface area contributed by atoms with E-state index >= 15 is 0 Å². The van der Waals surface area contributed by atoms with Crippen molar-refractivity contribution in [2.24, 2.45) is 0 Å². The Morgan fingerprint density at radius 1 is 1.43 bits per heavy atom. The third-order valence-corrected chi connectivity index (χ3v) is 2.39. The molecule has 0 unspecified atom stereocenters. The van der Waals surface area contributed by atoms with Crippen LogP contribution in [0.25, 0.3) is 0 Å². The first-order valence-electron chi connectivity index (χ1n) is 5.00. The van der Waals surface area contributed by atoms with Gasteiger partial charge < -0.3 is 5.11 Å². The second-order valence-electron chi connectivity index (χ2n) is 3.52. The number of unbranched alkanes of at least 4 members (excludes halogenated alkanes) is 2. The van der Waals surface area contributed by atoms with Gasteiger partial charge in [0, 0.05) is 0 Å². The van der Waals surface area contributed by atoms with Crippen LogP contribution in [0.2, 0.25) is 0 Å². The monoisotopic (exact) mass is 192 g/mol. The normalized spacial score (nSPS) is 15.4. The fourth-order valence-electron chi connectivity index (χ4n) is 1.62. The summed E-state index contributed by atoms with van der Waals surface area (Å²) in [6.07, 6.45) is 7.87. The summed E-state index contributed by atoms with van der Waals surface area (Å²) >= 11 is 0. The van der Waals surface area contributed by atoms with Crippen LogP contribution in [0.1, 0.15) is 32.6 Å². The first-order valence-corrected chi connectivity index (χ1v) is 5.00. The lowest BCUT2D eigenvalue weighted by molar-refractivity contribution is -0.132. The number of carbonyl (C=O) groups is 1. The molecule has 1 rings (SSSR count). The largest absolute Gasteiger partial charge is 0.478 e. The summed E-state index contributed by atoms with van der Waals surface area (Å²) in [6, 6.07) is 0. The van der Waals surface area contributed by atoms with Gasteiger partial charge >= 0.3 is 5.97 Å². The SMILES string of the molecule is C=C1C=CC(CCCCC)=C1C(=O)O. The predicted molar refractivity (Wildman–Crippen MR) is 57.1 cm³/mol. The Balaban J connectivity index is 2.68. The van der Waals surface area contributed by atoms with Crippen LogP contribution >= 0.6 is 0 Å². The van der Waals surface area contributed by atoms with E-state index in [4.69, 9.17) is 5.11 Å². The van der Waals surface area contributed by atoms with E-state index in [1.807, 2.05) is 6.08 Å². The van der Waals surface area contributed by atoms with E-state index in [-0.39, 0.29) is 0 Å². The standard InChI is InChI=1S/C12H16O2/c1-3-4-5-6-10-8-7-9(2)11(10)12(13)14/h7-8H,2-6H2,1H3,(H,13,14). The number of hydrogen-bond donors (Lipinski definition) is 1. The lowest BCUT2D eigenvalue weighted by atomic mass is 10.0. The smallest absolute Gasteiger partial charge is 0.336 e. The van der Waals surface area contributed by atoms with Crippen LogP contribution in [0.3, 0.4) is 0 Å². The molecule has 2 nitrogen and oxygen atoms in total. The average Bonchev–Trinajstić information content (AvgIpc) is 2.47. The Labute approximate surface area is 84.6 Å². The zero-order valence-corrected chi connectivity index (χ0v) is 8.55. The quantitative estimate of drug-likeness (QED) is 0.680. The number of rotatable bonds is 5. The van der Waals surface area contributed by atoms with E-state index in [1.165, 1.54) is 0 Å². The van der Waals surface area contributed by atoms with Gasteiger partial charge in [-0.2, -0.15) is 0 Å². The maximum absolute atomic E-state index is 10.9. The summed E-state index contributed by atoms with van der Waals surface area (Å²) in [5.41, 5.74) is 1.96. The molecule has 0 aromatic heterocycles. The van der Waals surface area contributed by atoms with Crippen LogP contribution < -0.4 is 0 Å². The molecule has 76 valence electrons. The first kappa shape index (κ1) is 10.8. The van der Waals surface area contributed by atoms with Crippen molar-refractivity contribution >= 4 is 5.97 Å². The lowest BCUT2D eigenvalue weighted by Gasteiger charge is -2.02. The van der Waals surface area contributed by atoms with Crippen LogP contribution in [0, 0.1) is 0 Å². The van der Waals surface area contributed by atoms with E-state index in [0.29, 0.717) is 11.1 Å². The van der Waals surface area contributed by atoms with Crippen molar-refractivity contribution in [2.75, 3.05) is 0 Å². The molecule has 0 radical (unpaired) electrons. The lowest BCUT2D eigenvalue weighted by Crippen LogP contribution is -2.02. The highest BCUT2D eigenvalue weighted by Crippen LogP contribution is 2.27. The van der Waals surface area contributed by atoms with E-state index < -0.39 is 5.97 Å². The summed E-state index contributed by atoms with van der Waals surface area (Å²) < 4.78 is 0. The van der Waals surface area contributed by atoms with Crippen molar-refractivity contribution in [3.8, 4) is 0 Å². The number of carboxylic acid groups (broad SMARTS) is 1. The zero-order valence-electron chi connectivity index (χ0n) is 8.55. The third-order valence-electron chi connectivity index (χ3n) is 2.39. The molecular weight excluding hydrogens is 176 g/mol. The van der Waals surface area contributed by atoms with Crippen molar-refractivity contribution < 1.29 is 9.90 Å². The molecule has 0 fully saturated rings. The minimum absolute atomic E-state index is 0.404. The molecule has 0 spiro atoms. The van der Waals surface area contributed by atoms with Crippen LogP contribution in [-0.2, 0) is 4.79 Å². The van der Waals surface area contributed by atoms with Crippen LogP contribution in [0.4, 0.5) is 0 Å². The number of carboxylic acids is 1. The van der Waals surface area contributed by atoms with Crippen molar-refractivity contribution in [1.82, 2.24) is 0 Å². The van der Waals surface area contributed by atoms with Gasteiger partial charge in [0.15, 0.2) is 0 Å². The molecule has 0 amide bonds. The van der Waals surface area contributed by atoms with Gasteiger partial charge in [-0.25, -0.2) is 4.79 Å². The van der Waals surface area contributed by atoms with Crippen molar-refractivity contribution in [3.63, 3.8) is 0 Å². The van der Waals surface area contributed by atoms with Crippen molar-refractivity contribution in [2.45, 2.75) is 32.6 Å². The molecule has 0 bridgehead atoms. The van der Waals surface area contributed by atoms with Crippen LogP contribution in [0.15, 0.2) is 35.5 Å². The minimum atomic E-state index is -0.855. The van der Waals surface area contributed by atoms with Gasteiger partial charge in [0.2, 0.25) is 0 Å². The molecule has 0 heterocycles. The Morgan fingerprint density at radius 3 is 2.71 bits per heavy atom. The van der Waals surface area contributed by atoms with Gasteiger partial charge in [-0.15, -0.1) is 0 Å². The number of hydrogen-bond acceptors (Lipinski definition) is 1. The van der Waals surface area contributed by atoms with E-state index in [0.717, 1.165) is 31.3 Å². The summed E-state index contributed by atoms with van der Waals surface area (Å²) in [6.45, 7) is 5.84.